The molecule has 0 radical (unpaired) electrons. The van der Waals surface area contributed by atoms with E-state index in [0.717, 1.165) is 25.8 Å². The van der Waals surface area contributed by atoms with Crippen LogP contribution in [-0.2, 0) is 6.54 Å². The standard InChI is InChI=1S/C10H14FN5/c1-2-3-4-5-16-6-13-9-7(16)8(11)14-10(12)15-9/h6H,2-5H2,1H3,(H2,12,14,15). The van der Waals surface area contributed by atoms with E-state index in [9.17, 15) is 4.39 Å². The monoisotopic (exact) mass is 223 g/mol. The minimum absolute atomic E-state index is 0.0798. The van der Waals surface area contributed by atoms with E-state index in [1.807, 2.05) is 0 Å². The van der Waals surface area contributed by atoms with Gasteiger partial charge >= 0.3 is 0 Å². The third-order valence-corrected chi connectivity index (χ3v) is 2.45. The molecule has 2 rings (SSSR count). The molecule has 0 saturated heterocycles. The quantitative estimate of drug-likeness (QED) is 0.633. The Morgan fingerprint density at radius 3 is 2.94 bits per heavy atom. The van der Waals surface area contributed by atoms with Crippen molar-refractivity contribution >= 4 is 17.1 Å². The molecule has 16 heavy (non-hydrogen) atoms. The van der Waals surface area contributed by atoms with Crippen LogP contribution in [0.15, 0.2) is 6.33 Å². The summed E-state index contributed by atoms with van der Waals surface area (Å²) in [5.74, 6) is -0.680. The van der Waals surface area contributed by atoms with Crippen LogP contribution in [0, 0.1) is 5.95 Å². The molecule has 0 atom stereocenters. The van der Waals surface area contributed by atoms with Crippen LogP contribution >= 0.6 is 0 Å². The van der Waals surface area contributed by atoms with Crippen molar-refractivity contribution in [2.75, 3.05) is 5.73 Å². The van der Waals surface area contributed by atoms with Crippen LogP contribution in [0.2, 0.25) is 0 Å². The fraction of sp³-hybridized carbons (Fsp3) is 0.500. The van der Waals surface area contributed by atoms with Crippen molar-refractivity contribution in [1.29, 1.82) is 0 Å². The Morgan fingerprint density at radius 2 is 2.19 bits per heavy atom. The second-order valence-corrected chi connectivity index (χ2v) is 3.69. The van der Waals surface area contributed by atoms with E-state index in [0.29, 0.717) is 11.2 Å². The Hall–Kier alpha value is -1.72. The average Bonchev–Trinajstić information content (AvgIpc) is 2.62. The topological polar surface area (TPSA) is 69.6 Å². The number of fused-ring (bicyclic) bond motifs is 1. The normalized spacial score (nSPS) is 11.1. The van der Waals surface area contributed by atoms with E-state index in [1.54, 1.807) is 10.9 Å². The van der Waals surface area contributed by atoms with Crippen LogP contribution in [0.3, 0.4) is 0 Å². The Morgan fingerprint density at radius 1 is 1.38 bits per heavy atom. The number of nitrogens with two attached hydrogens (primary N) is 1. The molecule has 2 N–H and O–H groups in total. The van der Waals surface area contributed by atoms with Gasteiger partial charge in [-0.1, -0.05) is 19.8 Å². The summed E-state index contributed by atoms with van der Waals surface area (Å²) in [7, 11) is 0. The number of hydrogen-bond donors (Lipinski definition) is 1. The highest BCUT2D eigenvalue weighted by molar-refractivity contribution is 5.71. The van der Waals surface area contributed by atoms with E-state index in [2.05, 4.69) is 21.9 Å². The van der Waals surface area contributed by atoms with E-state index in [4.69, 9.17) is 5.73 Å². The third-order valence-electron chi connectivity index (χ3n) is 2.45. The Balaban J connectivity index is 2.33. The first-order chi connectivity index (χ1) is 7.72. The maximum absolute atomic E-state index is 13.6. The molecule has 86 valence electrons. The molecule has 0 amide bonds. The van der Waals surface area contributed by atoms with Crippen LogP contribution in [0.25, 0.3) is 11.2 Å². The lowest BCUT2D eigenvalue weighted by Gasteiger charge is -2.03. The van der Waals surface area contributed by atoms with Gasteiger partial charge in [-0.2, -0.15) is 14.4 Å². The zero-order valence-corrected chi connectivity index (χ0v) is 9.15. The smallest absolute Gasteiger partial charge is 0.244 e. The summed E-state index contributed by atoms with van der Waals surface area (Å²) in [6.07, 6.45) is 4.80. The molecule has 6 heteroatoms. The number of nitrogens with zero attached hydrogens (tertiary/aromatic N) is 4. The highest BCUT2D eigenvalue weighted by atomic mass is 19.1. The first-order valence-corrected chi connectivity index (χ1v) is 5.36. The molecule has 0 aliphatic carbocycles. The van der Waals surface area contributed by atoms with Gasteiger partial charge in [0.25, 0.3) is 0 Å². The van der Waals surface area contributed by atoms with Gasteiger partial charge in [-0.25, -0.2) is 4.98 Å². The summed E-state index contributed by atoms with van der Waals surface area (Å²) in [4.78, 5) is 11.4. The van der Waals surface area contributed by atoms with Gasteiger partial charge in [0.05, 0.1) is 6.33 Å². The Kier molecular flexibility index (Phi) is 2.98. The lowest BCUT2D eigenvalue weighted by Crippen LogP contribution is -2.02. The predicted octanol–water partition coefficient (Wildman–Crippen LogP) is 1.74. The number of rotatable bonds is 4. The maximum atomic E-state index is 13.6. The summed E-state index contributed by atoms with van der Waals surface area (Å²) in [5, 5.41) is 0. The van der Waals surface area contributed by atoms with Crippen LogP contribution in [0.1, 0.15) is 26.2 Å². The van der Waals surface area contributed by atoms with E-state index in [-0.39, 0.29) is 5.95 Å². The number of unbranched alkanes of at least 4 members (excludes halogenated alkanes) is 2. The molecule has 0 spiro atoms. The number of aromatic nitrogens is 4. The number of imidazole rings is 1. The summed E-state index contributed by atoms with van der Waals surface area (Å²) in [5.41, 5.74) is 6.00. The van der Waals surface area contributed by atoms with Crippen molar-refractivity contribution in [1.82, 2.24) is 19.5 Å². The molecule has 0 aliphatic heterocycles. The summed E-state index contributed by atoms with van der Waals surface area (Å²) in [6.45, 7) is 2.85. The van der Waals surface area contributed by atoms with Crippen molar-refractivity contribution in [2.45, 2.75) is 32.7 Å². The predicted molar refractivity (Wildman–Crippen MR) is 59.2 cm³/mol. The SMILES string of the molecule is CCCCCn1cnc2nc(N)nc(F)c21. The molecule has 2 aromatic rings. The van der Waals surface area contributed by atoms with Gasteiger partial charge in [-0.3, -0.25) is 0 Å². The highest BCUT2D eigenvalue weighted by Gasteiger charge is 2.11. The average molecular weight is 223 g/mol. The van der Waals surface area contributed by atoms with E-state index >= 15 is 0 Å². The fourth-order valence-corrected chi connectivity index (χ4v) is 1.65. The van der Waals surface area contributed by atoms with Crippen molar-refractivity contribution in [3.8, 4) is 0 Å². The number of halogens is 1. The lowest BCUT2D eigenvalue weighted by atomic mass is 10.2. The summed E-state index contributed by atoms with van der Waals surface area (Å²) in [6, 6.07) is 0. The molecule has 2 heterocycles. The van der Waals surface area contributed by atoms with Gasteiger partial charge < -0.3 is 10.3 Å². The molecular formula is C10H14FN5. The largest absolute Gasteiger partial charge is 0.368 e. The minimum atomic E-state index is -0.600. The van der Waals surface area contributed by atoms with Crippen molar-refractivity contribution in [3.05, 3.63) is 12.3 Å². The number of anilines is 1. The van der Waals surface area contributed by atoms with Gasteiger partial charge in [0.1, 0.15) is 5.52 Å². The van der Waals surface area contributed by atoms with Gasteiger partial charge in [-0.15, -0.1) is 0 Å². The molecule has 0 unspecified atom stereocenters. The number of hydrogen-bond acceptors (Lipinski definition) is 4. The second kappa shape index (κ2) is 4.42. The molecule has 0 aromatic carbocycles. The van der Waals surface area contributed by atoms with Crippen LogP contribution in [-0.4, -0.2) is 19.5 Å². The van der Waals surface area contributed by atoms with Crippen molar-refractivity contribution < 1.29 is 4.39 Å². The van der Waals surface area contributed by atoms with Gasteiger partial charge in [0.2, 0.25) is 11.9 Å². The van der Waals surface area contributed by atoms with E-state index in [1.165, 1.54) is 0 Å². The molecule has 0 fully saturated rings. The zero-order valence-electron chi connectivity index (χ0n) is 9.15. The molecule has 2 aromatic heterocycles. The Bertz CT molecular complexity index is 493. The maximum Gasteiger partial charge on any atom is 0.244 e. The molecule has 0 aliphatic rings. The molecule has 5 nitrogen and oxygen atoms in total. The fourth-order valence-electron chi connectivity index (χ4n) is 1.65. The lowest BCUT2D eigenvalue weighted by molar-refractivity contribution is 0.568. The highest BCUT2D eigenvalue weighted by Crippen LogP contribution is 2.15. The van der Waals surface area contributed by atoms with Crippen molar-refractivity contribution in [3.63, 3.8) is 0 Å². The molecular weight excluding hydrogens is 209 g/mol. The van der Waals surface area contributed by atoms with Crippen LogP contribution in [0.5, 0.6) is 0 Å². The Labute approximate surface area is 92.5 Å². The van der Waals surface area contributed by atoms with Gasteiger partial charge in [0.15, 0.2) is 5.65 Å². The molecule has 0 saturated carbocycles. The van der Waals surface area contributed by atoms with Crippen molar-refractivity contribution in [2.24, 2.45) is 0 Å². The molecule has 0 bridgehead atoms. The number of aryl methyl sites for hydroxylation is 1. The minimum Gasteiger partial charge on any atom is -0.368 e. The third kappa shape index (κ3) is 1.95. The number of nitrogen functional groups attached to an aromatic ring is 1. The van der Waals surface area contributed by atoms with Gasteiger partial charge in [0, 0.05) is 6.54 Å². The van der Waals surface area contributed by atoms with Crippen LogP contribution < -0.4 is 5.73 Å². The van der Waals surface area contributed by atoms with E-state index < -0.39 is 5.95 Å². The zero-order chi connectivity index (χ0) is 11.5. The first kappa shape index (κ1) is 10.8. The summed E-state index contributed by atoms with van der Waals surface area (Å²) < 4.78 is 15.3. The summed E-state index contributed by atoms with van der Waals surface area (Å²) >= 11 is 0. The first-order valence-electron chi connectivity index (χ1n) is 5.36. The van der Waals surface area contributed by atoms with Crippen LogP contribution in [0.4, 0.5) is 10.3 Å². The van der Waals surface area contributed by atoms with Gasteiger partial charge in [-0.05, 0) is 6.42 Å². The second-order valence-electron chi connectivity index (χ2n) is 3.69.